The van der Waals surface area contributed by atoms with Crippen molar-refractivity contribution in [3.8, 4) is 0 Å². The average molecular weight is 336 g/mol. The van der Waals surface area contributed by atoms with E-state index < -0.39 is 34.8 Å². The second kappa shape index (κ2) is 8.75. The van der Waals surface area contributed by atoms with E-state index in [0.717, 1.165) is 4.31 Å². The maximum atomic E-state index is 12.0. The number of halogens is 3. The molecule has 0 saturated carbocycles. The van der Waals surface area contributed by atoms with Crippen LogP contribution in [-0.4, -0.2) is 56.4 Å². The van der Waals surface area contributed by atoms with Gasteiger partial charge in [-0.05, 0) is 6.42 Å². The summed E-state index contributed by atoms with van der Waals surface area (Å²) in [6, 6.07) is 0. The molecule has 5 nitrogen and oxygen atoms in total. The average Bonchev–Trinajstić information content (AvgIpc) is 2.26. The Morgan fingerprint density at radius 3 is 2.40 bits per heavy atom. The smallest absolute Gasteiger partial charge is 0.389 e. The van der Waals surface area contributed by atoms with Crippen LogP contribution in [0.3, 0.4) is 0 Å². The Hall–Kier alpha value is -0.450. The van der Waals surface area contributed by atoms with Crippen molar-refractivity contribution in [3.63, 3.8) is 0 Å². The highest BCUT2D eigenvalue weighted by Gasteiger charge is 2.29. The van der Waals surface area contributed by atoms with Crippen LogP contribution in [0, 0.1) is 0 Å². The molecular formula is C10H19F3N2O3S2. The highest BCUT2D eigenvalue weighted by Crippen LogP contribution is 2.22. The quantitative estimate of drug-likeness (QED) is 0.609. The van der Waals surface area contributed by atoms with Gasteiger partial charge in [0.15, 0.2) is 0 Å². The van der Waals surface area contributed by atoms with Gasteiger partial charge in [0, 0.05) is 33.0 Å². The highest BCUT2D eigenvalue weighted by molar-refractivity contribution is 7.89. The summed E-state index contributed by atoms with van der Waals surface area (Å²) in [6.45, 7) is 0.260. The number of hydrogen-bond acceptors (Lipinski definition) is 4. The standard InChI is InChI=1S/C10H19F3N2O3S2/c1-18-7-6-15(5-3-9(14)19)20(16,17)8-2-4-10(11,12)13/h2-8H2,1H3,(H2,14,19). The number of hydrogen-bond donors (Lipinski definition) is 1. The molecule has 120 valence electrons. The van der Waals surface area contributed by atoms with E-state index in [1.165, 1.54) is 7.11 Å². The van der Waals surface area contributed by atoms with Crippen LogP contribution < -0.4 is 5.73 Å². The van der Waals surface area contributed by atoms with E-state index in [4.69, 9.17) is 10.5 Å². The summed E-state index contributed by atoms with van der Waals surface area (Å²) >= 11 is 4.66. The first kappa shape index (κ1) is 19.6. The number of alkyl halides is 3. The van der Waals surface area contributed by atoms with Crippen LogP contribution in [-0.2, 0) is 14.8 Å². The first-order chi connectivity index (χ1) is 9.08. The number of nitrogens with two attached hydrogens (primary N) is 1. The second-order valence-corrected chi connectivity index (χ2v) is 6.76. The summed E-state index contributed by atoms with van der Waals surface area (Å²) in [5.41, 5.74) is 5.30. The third-order valence-electron chi connectivity index (χ3n) is 2.41. The topological polar surface area (TPSA) is 72.6 Å². The van der Waals surface area contributed by atoms with Crippen molar-refractivity contribution in [1.82, 2.24) is 4.31 Å². The zero-order valence-corrected chi connectivity index (χ0v) is 12.8. The van der Waals surface area contributed by atoms with Crippen LogP contribution in [0.25, 0.3) is 0 Å². The van der Waals surface area contributed by atoms with E-state index in [0.29, 0.717) is 0 Å². The van der Waals surface area contributed by atoms with Gasteiger partial charge in [0.05, 0.1) is 17.3 Å². The summed E-state index contributed by atoms with van der Waals surface area (Å²) in [6.07, 6.45) is -5.77. The van der Waals surface area contributed by atoms with Crippen molar-refractivity contribution < 1.29 is 26.3 Å². The van der Waals surface area contributed by atoms with Crippen LogP contribution in [0.2, 0.25) is 0 Å². The summed E-state index contributed by atoms with van der Waals surface area (Å²) < 4.78 is 65.8. The van der Waals surface area contributed by atoms with Gasteiger partial charge in [-0.3, -0.25) is 0 Å². The molecule has 2 N–H and O–H groups in total. The Labute approximate surface area is 122 Å². The number of methoxy groups -OCH3 is 1. The van der Waals surface area contributed by atoms with Crippen molar-refractivity contribution in [1.29, 1.82) is 0 Å². The van der Waals surface area contributed by atoms with E-state index in [1.54, 1.807) is 0 Å². The maximum Gasteiger partial charge on any atom is 0.389 e. The molecule has 0 aliphatic heterocycles. The van der Waals surface area contributed by atoms with Gasteiger partial charge in [0.2, 0.25) is 10.0 Å². The van der Waals surface area contributed by atoms with Crippen molar-refractivity contribution in [3.05, 3.63) is 0 Å². The fraction of sp³-hybridized carbons (Fsp3) is 0.900. The van der Waals surface area contributed by atoms with E-state index in [1.807, 2.05) is 0 Å². The molecule has 0 aliphatic carbocycles. The Bertz CT molecular complexity index is 399. The molecular weight excluding hydrogens is 317 g/mol. The molecule has 0 rings (SSSR count). The molecule has 0 aromatic rings. The number of thiocarbonyl (C=S) groups is 1. The minimum Gasteiger partial charge on any atom is -0.393 e. The van der Waals surface area contributed by atoms with Crippen LogP contribution in [0.4, 0.5) is 13.2 Å². The largest absolute Gasteiger partial charge is 0.393 e. The van der Waals surface area contributed by atoms with Crippen molar-refractivity contribution in [2.45, 2.75) is 25.4 Å². The number of sulfonamides is 1. The minimum atomic E-state index is -4.36. The molecule has 10 heteroatoms. The molecule has 20 heavy (non-hydrogen) atoms. The highest BCUT2D eigenvalue weighted by atomic mass is 32.2. The number of nitrogens with zero attached hydrogens (tertiary/aromatic N) is 1. The summed E-state index contributed by atoms with van der Waals surface area (Å²) in [5.74, 6) is -0.562. The monoisotopic (exact) mass is 336 g/mol. The lowest BCUT2D eigenvalue weighted by molar-refractivity contribution is -0.134. The Morgan fingerprint density at radius 1 is 1.35 bits per heavy atom. The molecule has 0 heterocycles. The first-order valence-corrected chi connectivity index (χ1v) is 7.92. The molecule has 0 aliphatic rings. The number of ether oxygens (including phenoxy) is 1. The molecule has 0 saturated heterocycles. The Balaban J connectivity index is 4.54. The van der Waals surface area contributed by atoms with Crippen LogP contribution >= 0.6 is 12.2 Å². The number of rotatable bonds is 10. The fourth-order valence-electron chi connectivity index (χ4n) is 1.40. The lowest BCUT2D eigenvalue weighted by atomic mass is 10.3. The zero-order chi connectivity index (χ0) is 15.8. The van der Waals surface area contributed by atoms with Crippen LogP contribution in [0.5, 0.6) is 0 Å². The SMILES string of the molecule is COCCN(CCC(N)=S)S(=O)(=O)CCCC(F)(F)F. The third-order valence-corrected chi connectivity index (χ3v) is 4.57. The van der Waals surface area contributed by atoms with Crippen LogP contribution in [0.15, 0.2) is 0 Å². The molecule has 0 bridgehead atoms. The molecule has 0 aromatic heterocycles. The van der Waals surface area contributed by atoms with Gasteiger partial charge in [0.25, 0.3) is 0 Å². The predicted molar refractivity (Wildman–Crippen MR) is 73.9 cm³/mol. The molecule has 0 atom stereocenters. The van der Waals surface area contributed by atoms with E-state index in [9.17, 15) is 21.6 Å². The molecule has 0 unspecified atom stereocenters. The Morgan fingerprint density at radius 2 is 1.95 bits per heavy atom. The predicted octanol–water partition coefficient (Wildman–Crippen LogP) is 1.28. The van der Waals surface area contributed by atoms with Gasteiger partial charge in [-0.15, -0.1) is 0 Å². The van der Waals surface area contributed by atoms with Crippen LogP contribution in [0.1, 0.15) is 19.3 Å². The fourth-order valence-corrected chi connectivity index (χ4v) is 2.98. The lowest BCUT2D eigenvalue weighted by Gasteiger charge is -2.21. The lowest BCUT2D eigenvalue weighted by Crippen LogP contribution is -2.37. The van der Waals surface area contributed by atoms with E-state index in [-0.39, 0.29) is 31.1 Å². The third kappa shape index (κ3) is 9.45. The van der Waals surface area contributed by atoms with E-state index in [2.05, 4.69) is 12.2 Å². The Kier molecular flexibility index (Phi) is 8.56. The summed E-state index contributed by atoms with van der Waals surface area (Å²) in [4.78, 5) is 0.151. The molecule has 0 radical (unpaired) electrons. The van der Waals surface area contributed by atoms with Crippen molar-refractivity contribution in [2.24, 2.45) is 5.73 Å². The second-order valence-electron chi connectivity index (χ2n) is 4.14. The normalized spacial score (nSPS) is 12.8. The van der Waals surface area contributed by atoms with Gasteiger partial charge in [0.1, 0.15) is 0 Å². The first-order valence-electron chi connectivity index (χ1n) is 5.90. The van der Waals surface area contributed by atoms with Crippen molar-refractivity contribution >= 4 is 27.2 Å². The van der Waals surface area contributed by atoms with Gasteiger partial charge in [-0.2, -0.15) is 17.5 Å². The summed E-state index contributed by atoms with van der Waals surface area (Å²) in [7, 11) is -2.37. The van der Waals surface area contributed by atoms with Gasteiger partial charge < -0.3 is 10.5 Å². The van der Waals surface area contributed by atoms with Gasteiger partial charge >= 0.3 is 6.18 Å². The molecule has 0 aromatic carbocycles. The minimum absolute atomic E-state index is 0.0487. The molecule has 0 spiro atoms. The van der Waals surface area contributed by atoms with Gasteiger partial charge in [-0.1, -0.05) is 12.2 Å². The zero-order valence-electron chi connectivity index (χ0n) is 11.1. The van der Waals surface area contributed by atoms with E-state index >= 15 is 0 Å². The molecule has 0 fully saturated rings. The van der Waals surface area contributed by atoms with Crippen molar-refractivity contribution in [2.75, 3.05) is 32.6 Å². The molecule has 0 amide bonds. The summed E-state index contributed by atoms with van der Waals surface area (Å²) in [5, 5.41) is 0. The maximum absolute atomic E-state index is 12.0. The van der Waals surface area contributed by atoms with Gasteiger partial charge in [-0.25, -0.2) is 8.42 Å².